The van der Waals surface area contributed by atoms with Gasteiger partial charge in [-0.15, -0.1) is 0 Å². The van der Waals surface area contributed by atoms with Crippen LogP contribution in [-0.2, 0) is 6.54 Å². The maximum absolute atomic E-state index is 4.69. The number of imidazole rings is 1. The SMILES string of the molecule is Cc1nccn1-c1ncc(CNC2CC2)c2ccccc12. The van der Waals surface area contributed by atoms with Gasteiger partial charge in [-0.25, -0.2) is 9.97 Å². The van der Waals surface area contributed by atoms with Crippen LogP contribution in [0.2, 0.25) is 0 Å². The number of benzene rings is 1. The molecule has 0 aliphatic heterocycles. The highest BCUT2D eigenvalue weighted by Gasteiger charge is 2.20. The number of hydrogen-bond acceptors (Lipinski definition) is 3. The molecule has 4 nitrogen and oxygen atoms in total. The van der Waals surface area contributed by atoms with E-state index in [1.54, 1.807) is 0 Å². The summed E-state index contributed by atoms with van der Waals surface area (Å²) in [5.41, 5.74) is 1.26. The summed E-state index contributed by atoms with van der Waals surface area (Å²) in [4.78, 5) is 8.99. The van der Waals surface area contributed by atoms with Crippen molar-refractivity contribution < 1.29 is 0 Å². The molecule has 1 aliphatic carbocycles. The second-order valence-electron chi connectivity index (χ2n) is 5.65. The molecule has 1 saturated carbocycles. The highest BCUT2D eigenvalue weighted by atomic mass is 15.1. The average Bonchev–Trinajstić information content (AvgIpc) is 3.25. The van der Waals surface area contributed by atoms with Crippen LogP contribution in [0.4, 0.5) is 0 Å². The Hall–Kier alpha value is -2.20. The summed E-state index contributed by atoms with van der Waals surface area (Å²) < 4.78 is 2.04. The third-order valence-corrected chi connectivity index (χ3v) is 4.07. The number of aromatic nitrogens is 3. The van der Waals surface area contributed by atoms with Gasteiger partial charge in [0, 0.05) is 36.6 Å². The molecule has 4 heteroatoms. The van der Waals surface area contributed by atoms with E-state index in [2.05, 4.69) is 34.6 Å². The lowest BCUT2D eigenvalue weighted by Crippen LogP contribution is -2.16. The second-order valence-corrected chi connectivity index (χ2v) is 5.65. The molecule has 21 heavy (non-hydrogen) atoms. The Morgan fingerprint density at radius 3 is 2.71 bits per heavy atom. The fourth-order valence-electron chi connectivity index (χ4n) is 2.71. The Labute approximate surface area is 123 Å². The molecular weight excluding hydrogens is 260 g/mol. The number of hydrogen-bond donors (Lipinski definition) is 1. The van der Waals surface area contributed by atoms with Crippen LogP contribution in [0.25, 0.3) is 16.6 Å². The topological polar surface area (TPSA) is 42.7 Å². The zero-order valence-corrected chi connectivity index (χ0v) is 12.1. The van der Waals surface area contributed by atoms with Crippen LogP contribution in [-0.4, -0.2) is 20.6 Å². The molecule has 2 aromatic heterocycles. The monoisotopic (exact) mass is 278 g/mol. The lowest BCUT2D eigenvalue weighted by Gasteiger charge is -2.12. The van der Waals surface area contributed by atoms with Gasteiger partial charge in [-0.2, -0.15) is 0 Å². The first-order valence-corrected chi connectivity index (χ1v) is 7.43. The van der Waals surface area contributed by atoms with Crippen LogP contribution in [0.1, 0.15) is 24.2 Å². The first-order valence-electron chi connectivity index (χ1n) is 7.43. The maximum atomic E-state index is 4.69. The standard InChI is InChI=1S/C17H18N4/c1-12-18-8-9-21(12)17-16-5-3-2-4-15(16)13(11-20-17)10-19-14-6-7-14/h2-5,8-9,11,14,19H,6-7,10H2,1H3. The number of rotatable bonds is 4. The quantitative estimate of drug-likeness (QED) is 0.798. The van der Waals surface area contributed by atoms with Crippen molar-refractivity contribution in [1.82, 2.24) is 19.9 Å². The van der Waals surface area contributed by atoms with E-state index >= 15 is 0 Å². The van der Waals surface area contributed by atoms with E-state index in [-0.39, 0.29) is 0 Å². The summed E-state index contributed by atoms with van der Waals surface area (Å²) in [6, 6.07) is 9.18. The molecule has 0 spiro atoms. The van der Waals surface area contributed by atoms with Gasteiger partial charge >= 0.3 is 0 Å². The van der Waals surface area contributed by atoms with Gasteiger partial charge < -0.3 is 5.32 Å². The Bertz CT molecular complexity index is 786. The number of nitrogens with one attached hydrogen (secondary N) is 1. The second kappa shape index (κ2) is 4.97. The van der Waals surface area contributed by atoms with E-state index in [4.69, 9.17) is 4.98 Å². The molecule has 106 valence electrons. The molecule has 0 saturated heterocycles. The zero-order chi connectivity index (χ0) is 14.2. The predicted molar refractivity (Wildman–Crippen MR) is 83.5 cm³/mol. The summed E-state index contributed by atoms with van der Waals surface area (Å²) in [6.45, 7) is 2.89. The zero-order valence-electron chi connectivity index (χ0n) is 12.1. The van der Waals surface area contributed by atoms with E-state index in [0.29, 0.717) is 6.04 Å². The third kappa shape index (κ3) is 2.32. The largest absolute Gasteiger partial charge is 0.310 e. The smallest absolute Gasteiger partial charge is 0.145 e. The van der Waals surface area contributed by atoms with Crippen LogP contribution in [0.5, 0.6) is 0 Å². The highest BCUT2D eigenvalue weighted by molar-refractivity contribution is 5.91. The highest BCUT2D eigenvalue weighted by Crippen LogP contribution is 2.25. The predicted octanol–water partition coefficient (Wildman–Crippen LogP) is 2.98. The van der Waals surface area contributed by atoms with Crippen LogP contribution in [0, 0.1) is 6.92 Å². The van der Waals surface area contributed by atoms with Gasteiger partial charge in [0.05, 0.1) is 0 Å². The summed E-state index contributed by atoms with van der Waals surface area (Å²) >= 11 is 0. The van der Waals surface area contributed by atoms with E-state index in [1.807, 2.05) is 30.1 Å². The van der Waals surface area contributed by atoms with Gasteiger partial charge in [0.1, 0.15) is 11.6 Å². The van der Waals surface area contributed by atoms with Crippen LogP contribution < -0.4 is 5.32 Å². The average molecular weight is 278 g/mol. The molecule has 0 radical (unpaired) electrons. The Balaban J connectivity index is 1.82. The molecule has 1 N–H and O–H groups in total. The van der Waals surface area contributed by atoms with E-state index < -0.39 is 0 Å². The minimum atomic E-state index is 0.708. The third-order valence-electron chi connectivity index (χ3n) is 4.07. The maximum Gasteiger partial charge on any atom is 0.145 e. The summed E-state index contributed by atoms with van der Waals surface area (Å²) in [7, 11) is 0. The molecule has 4 rings (SSSR count). The van der Waals surface area contributed by atoms with Crippen molar-refractivity contribution in [2.24, 2.45) is 0 Å². The molecule has 0 bridgehead atoms. The van der Waals surface area contributed by atoms with Gasteiger partial charge in [-0.05, 0) is 30.7 Å². The van der Waals surface area contributed by atoms with E-state index in [1.165, 1.54) is 29.2 Å². The van der Waals surface area contributed by atoms with Crippen molar-refractivity contribution in [3.63, 3.8) is 0 Å². The van der Waals surface area contributed by atoms with E-state index in [0.717, 1.165) is 18.2 Å². The number of aryl methyl sites for hydroxylation is 1. The Morgan fingerprint density at radius 1 is 1.19 bits per heavy atom. The van der Waals surface area contributed by atoms with Crippen LogP contribution >= 0.6 is 0 Å². The van der Waals surface area contributed by atoms with Crippen LogP contribution in [0.15, 0.2) is 42.9 Å². The summed E-state index contributed by atoms with van der Waals surface area (Å²) in [5, 5.41) is 6.01. The van der Waals surface area contributed by atoms with Gasteiger partial charge in [0.2, 0.25) is 0 Å². The molecule has 0 unspecified atom stereocenters. The van der Waals surface area contributed by atoms with Crippen molar-refractivity contribution in [2.45, 2.75) is 32.4 Å². The van der Waals surface area contributed by atoms with Crippen LogP contribution in [0.3, 0.4) is 0 Å². The summed E-state index contributed by atoms with van der Waals surface area (Å²) in [5.74, 6) is 1.91. The minimum Gasteiger partial charge on any atom is -0.310 e. The Morgan fingerprint density at radius 2 is 2.00 bits per heavy atom. The lowest BCUT2D eigenvalue weighted by atomic mass is 10.1. The summed E-state index contributed by atoms with van der Waals surface area (Å²) in [6.07, 6.45) is 8.38. The molecule has 0 atom stereocenters. The first kappa shape index (κ1) is 12.5. The van der Waals surface area contributed by atoms with Crippen molar-refractivity contribution in [3.05, 3.63) is 54.2 Å². The normalized spacial score (nSPS) is 14.7. The Kier molecular flexibility index (Phi) is 2.97. The van der Waals surface area contributed by atoms with Crippen molar-refractivity contribution in [3.8, 4) is 5.82 Å². The van der Waals surface area contributed by atoms with E-state index in [9.17, 15) is 0 Å². The molecule has 1 aliphatic rings. The molecule has 1 fully saturated rings. The molecule has 2 heterocycles. The number of fused-ring (bicyclic) bond motifs is 1. The van der Waals surface area contributed by atoms with Gasteiger partial charge in [-0.1, -0.05) is 24.3 Å². The number of pyridine rings is 1. The molecule has 0 amide bonds. The first-order chi connectivity index (χ1) is 10.3. The molecular formula is C17H18N4. The molecule has 3 aromatic rings. The minimum absolute atomic E-state index is 0.708. The van der Waals surface area contributed by atoms with Crippen molar-refractivity contribution >= 4 is 10.8 Å². The van der Waals surface area contributed by atoms with Gasteiger partial charge in [0.25, 0.3) is 0 Å². The van der Waals surface area contributed by atoms with Gasteiger partial charge in [-0.3, -0.25) is 4.57 Å². The van der Waals surface area contributed by atoms with Gasteiger partial charge in [0.15, 0.2) is 0 Å². The fourth-order valence-corrected chi connectivity index (χ4v) is 2.71. The van der Waals surface area contributed by atoms with Crippen molar-refractivity contribution in [1.29, 1.82) is 0 Å². The fraction of sp³-hybridized carbons (Fsp3) is 0.294. The van der Waals surface area contributed by atoms with Crippen molar-refractivity contribution in [2.75, 3.05) is 0 Å². The lowest BCUT2D eigenvalue weighted by molar-refractivity contribution is 0.689. The molecule has 1 aromatic carbocycles. The number of nitrogens with zero attached hydrogens (tertiary/aromatic N) is 3.